The third-order valence-electron chi connectivity index (χ3n) is 2.33. The summed E-state index contributed by atoms with van der Waals surface area (Å²) in [5.74, 6) is 0. The van der Waals surface area contributed by atoms with Crippen LogP contribution in [-0.4, -0.2) is 60.8 Å². The summed E-state index contributed by atoms with van der Waals surface area (Å²) in [6.45, 7) is 4.27. The number of rotatable bonds is 8. The lowest BCUT2D eigenvalue weighted by Crippen LogP contribution is -2.26. The molecular weight excluding hydrogens is 206 g/mol. The SMILES string of the molecule is CNCc1cn(CCN(C)CCOC)nn1. The van der Waals surface area contributed by atoms with Gasteiger partial charge in [-0.3, -0.25) is 4.68 Å². The van der Waals surface area contributed by atoms with Crippen LogP contribution in [0.4, 0.5) is 0 Å². The highest BCUT2D eigenvalue weighted by molar-refractivity contribution is 4.90. The van der Waals surface area contributed by atoms with Crippen LogP contribution in [0.25, 0.3) is 0 Å². The highest BCUT2D eigenvalue weighted by Gasteiger charge is 2.01. The Labute approximate surface area is 96.6 Å². The van der Waals surface area contributed by atoms with Crippen LogP contribution in [0.2, 0.25) is 0 Å². The maximum atomic E-state index is 5.02. The van der Waals surface area contributed by atoms with E-state index in [4.69, 9.17) is 4.74 Å². The topological polar surface area (TPSA) is 55.2 Å². The number of aromatic nitrogens is 3. The van der Waals surface area contributed by atoms with Gasteiger partial charge in [-0.2, -0.15) is 0 Å². The number of hydrogen-bond acceptors (Lipinski definition) is 5. The first-order valence-corrected chi connectivity index (χ1v) is 5.47. The summed E-state index contributed by atoms with van der Waals surface area (Å²) in [5, 5.41) is 11.2. The van der Waals surface area contributed by atoms with E-state index in [0.717, 1.165) is 38.5 Å². The van der Waals surface area contributed by atoms with Crippen LogP contribution in [-0.2, 0) is 17.8 Å². The van der Waals surface area contributed by atoms with Gasteiger partial charge in [0, 0.05) is 32.9 Å². The molecule has 0 atom stereocenters. The Morgan fingerprint density at radius 1 is 1.50 bits per heavy atom. The fourth-order valence-corrected chi connectivity index (χ4v) is 1.34. The van der Waals surface area contributed by atoms with Gasteiger partial charge in [0.15, 0.2) is 0 Å². The summed E-state index contributed by atoms with van der Waals surface area (Å²) in [6, 6.07) is 0. The van der Waals surface area contributed by atoms with Crippen molar-refractivity contribution in [3.8, 4) is 0 Å². The molecule has 0 unspecified atom stereocenters. The number of nitrogens with zero attached hydrogens (tertiary/aromatic N) is 4. The Kier molecular flexibility index (Phi) is 5.99. The van der Waals surface area contributed by atoms with Gasteiger partial charge in [-0.1, -0.05) is 5.21 Å². The van der Waals surface area contributed by atoms with Gasteiger partial charge in [-0.05, 0) is 14.1 Å². The minimum atomic E-state index is 0.763. The zero-order valence-corrected chi connectivity index (χ0v) is 10.3. The molecule has 0 amide bonds. The van der Waals surface area contributed by atoms with E-state index in [1.807, 2.05) is 17.9 Å². The Morgan fingerprint density at radius 3 is 3.00 bits per heavy atom. The fraction of sp³-hybridized carbons (Fsp3) is 0.800. The van der Waals surface area contributed by atoms with E-state index in [-0.39, 0.29) is 0 Å². The second kappa shape index (κ2) is 7.32. The van der Waals surface area contributed by atoms with Gasteiger partial charge in [-0.25, -0.2) is 0 Å². The van der Waals surface area contributed by atoms with Crippen molar-refractivity contribution in [3.05, 3.63) is 11.9 Å². The summed E-state index contributed by atoms with van der Waals surface area (Å²) in [4.78, 5) is 2.21. The molecule has 6 heteroatoms. The van der Waals surface area contributed by atoms with Gasteiger partial charge in [0.1, 0.15) is 0 Å². The van der Waals surface area contributed by atoms with Crippen molar-refractivity contribution < 1.29 is 4.74 Å². The molecule has 0 aliphatic carbocycles. The van der Waals surface area contributed by atoms with E-state index in [0.29, 0.717) is 0 Å². The van der Waals surface area contributed by atoms with Gasteiger partial charge in [0.25, 0.3) is 0 Å². The number of likely N-dealkylation sites (N-methyl/N-ethyl adjacent to an activating group) is 1. The van der Waals surface area contributed by atoms with Crippen molar-refractivity contribution in [2.24, 2.45) is 0 Å². The van der Waals surface area contributed by atoms with E-state index in [1.54, 1.807) is 7.11 Å². The Hall–Kier alpha value is -0.980. The number of hydrogen-bond donors (Lipinski definition) is 1. The smallest absolute Gasteiger partial charge is 0.0964 e. The standard InChI is InChI=1S/C10H21N5O/c1-11-8-10-9-15(13-12-10)5-4-14(2)6-7-16-3/h9,11H,4-8H2,1-3H3. The fourth-order valence-electron chi connectivity index (χ4n) is 1.34. The highest BCUT2D eigenvalue weighted by Crippen LogP contribution is 1.93. The van der Waals surface area contributed by atoms with Gasteiger partial charge in [-0.15, -0.1) is 5.10 Å². The van der Waals surface area contributed by atoms with Gasteiger partial charge >= 0.3 is 0 Å². The summed E-state index contributed by atoms with van der Waals surface area (Å²) >= 11 is 0. The molecule has 16 heavy (non-hydrogen) atoms. The minimum absolute atomic E-state index is 0.763. The van der Waals surface area contributed by atoms with Crippen molar-refractivity contribution in [1.82, 2.24) is 25.2 Å². The zero-order valence-electron chi connectivity index (χ0n) is 10.3. The third-order valence-corrected chi connectivity index (χ3v) is 2.33. The third kappa shape index (κ3) is 4.69. The molecule has 0 saturated heterocycles. The Bertz CT molecular complexity index is 288. The first-order chi connectivity index (χ1) is 7.76. The average Bonchev–Trinajstić information content (AvgIpc) is 2.72. The van der Waals surface area contributed by atoms with Gasteiger partial charge < -0.3 is 15.0 Å². The molecule has 1 aromatic heterocycles. The largest absolute Gasteiger partial charge is 0.383 e. The Balaban J connectivity index is 2.25. The molecule has 0 fully saturated rings. The number of ether oxygens (including phenoxy) is 1. The normalized spacial score (nSPS) is 11.2. The lowest BCUT2D eigenvalue weighted by molar-refractivity contribution is 0.158. The van der Waals surface area contributed by atoms with E-state index in [1.165, 1.54) is 0 Å². The van der Waals surface area contributed by atoms with Crippen molar-refractivity contribution in [2.45, 2.75) is 13.1 Å². The van der Waals surface area contributed by atoms with Crippen LogP contribution in [0.15, 0.2) is 6.20 Å². The quantitative estimate of drug-likeness (QED) is 0.653. The van der Waals surface area contributed by atoms with E-state index in [9.17, 15) is 0 Å². The Morgan fingerprint density at radius 2 is 2.31 bits per heavy atom. The summed E-state index contributed by atoms with van der Waals surface area (Å²) in [6.07, 6.45) is 1.97. The van der Waals surface area contributed by atoms with Crippen molar-refractivity contribution in [1.29, 1.82) is 0 Å². The molecule has 1 aromatic rings. The van der Waals surface area contributed by atoms with Crippen molar-refractivity contribution in [3.63, 3.8) is 0 Å². The summed E-state index contributed by atoms with van der Waals surface area (Å²) in [5.41, 5.74) is 0.974. The molecule has 1 heterocycles. The minimum Gasteiger partial charge on any atom is -0.383 e. The first-order valence-electron chi connectivity index (χ1n) is 5.47. The average molecular weight is 227 g/mol. The first kappa shape index (κ1) is 13.1. The van der Waals surface area contributed by atoms with Crippen LogP contribution in [0.3, 0.4) is 0 Å². The predicted molar refractivity (Wildman–Crippen MR) is 62.2 cm³/mol. The second-order valence-corrected chi connectivity index (χ2v) is 3.80. The highest BCUT2D eigenvalue weighted by atomic mass is 16.5. The predicted octanol–water partition coefficient (Wildman–Crippen LogP) is -0.424. The van der Waals surface area contributed by atoms with Crippen LogP contribution >= 0.6 is 0 Å². The summed E-state index contributed by atoms with van der Waals surface area (Å²) in [7, 11) is 5.69. The van der Waals surface area contributed by atoms with Crippen LogP contribution in [0, 0.1) is 0 Å². The molecule has 0 aromatic carbocycles. The summed E-state index contributed by atoms with van der Waals surface area (Å²) < 4.78 is 6.89. The van der Waals surface area contributed by atoms with Crippen LogP contribution in [0.5, 0.6) is 0 Å². The van der Waals surface area contributed by atoms with Gasteiger partial charge in [0.2, 0.25) is 0 Å². The molecule has 1 rings (SSSR count). The molecule has 0 bridgehead atoms. The number of methoxy groups -OCH3 is 1. The molecular formula is C10H21N5O. The van der Waals surface area contributed by atoms with E-state index in [2.05, 4.69) is 27.6 Å². The van der Waals surface area contributed by atoms with E-state index >= 15 is 0 Å². The zero-order chi connectivity index (χ0) is 11.8. The monoisotopic (exact) mass is 227 g/mol. The molecule has 0 spiro atoms. The molecule has 0 saturated carbocycles. The van der Waals surface area contributed by atoms with E-state index < -0.39 is 0 Å². The lowest BCUT2D eigenvalue weighted by Gasteiger charge is -2.15. The maximum absolute atomic E-state index is 5.02. The second-order valence-electron chi connectivity index (χ2n) is 3.80. The van der Waals surface area contributed by atoms with Gasteiger partial charge in [0.05, 0.1) is 18.8 Å². The lowest BCUT2D eigenvalue weighted by atomic mass is 10.4. The van der Waals surface area contributed by atoms with Crippen molar-refractivity contribution >= 4 is 0 Å². The van der Waals surface area contributed by atoms with Crippen LogP contribution < -0.4 is 5.32 Å². The number of nitrogens with one attached hydrogen (secondary N) is 1. The van der Waals surface area contributed by atoms with Crippen molar-refractivity contribution in [2.75, 3.05) is 40.9 Å². The molecule has 92 valence electrons. The molecule has 0 aliphatic heterocycles. The molecule has 0 aliphatic rings. The van der Waals surface area contributed by atoms with Crippen LogP contribution in [0.1, 0.15) is 5.69 Å². The molecule has 6 nitrogen and oxygen atoms in total. The molecule has 0 radical (unpaired) electrons. The maximum Gasteiger partial charge on any atom is 0.0964 e. The molecule has 1 N–H and O–H groups in total.